The van der Waals surface area contributed by atoms with Crippen molar-refractivity contribution in [3.05, 3.63) is 12.2 Å². The van der Waals surface area contributed by atoms with Gasteiger partial charge in [0.05, 0.1) is 0 Å². The van der Waals surface area contributed by atoms with Crippen LogP contribution in [0.1, 0.15) is 52.4 Å². The first-order valence-corrected chi connectivity index (χ1v) is 5.37. The smallest absolute Gasteiger partial charge is 0.142 e. The van der Waals surface area contributed by atoms with E-state index in [1.54, 1.807) is 6.08 Å². The van der Waals surface area contributed by atoms with Gasteiger partial charge in [-0.1, -0.05) is 45.6 Å². The van der Waals surface area contributed by atoms with Gasteiger partial charge in [-0.15, -0.1) is 0 Å². The normalized spacial score (nSPS) is 11.3. The fourth-order valence-electron chi connectivity index (χ4n) is 1.32. The monoisotopic (exact) mass is 182 g/mol. The second kappa shape index (κ2) is 9.50. The first kappa shape index (κ1) is 12.4. The van der Waals surface area contributed by atoms with Gasteiger partial charge in [-0.25, -0.2) is 0 Å². The summed E-state index contributed by atoms with van der Waals surface area (Å²) >= 11 is 0. The lowest BCUT2D eigenvalue weighted by Crippen LogP contribution is -1.86. The van der Waals surface area contributed by atoms with Crippen molar-refractivity contribution in [2.45, 2.75) is 52.4 Å². The van der Waals surface area contributed by atoms with Gasteiger partial charge >= 0.3 is 0 Å². The number of unbranched alkanes of at least 4 members (excludes halogenated alkanes) is 4. The molecule has 0 unspecified atom stereocenters. The van der Waals surface area contributed by atoms with E-state index in [-0.39, 0.29) is 0 Å². The first-order valence-electron chi connectivity index (χ1n) is 5.37. The zero-order chi connectivity index (χ0) is 9.94. The number of hydrogen-bond acceptors (Lipinski definition) is 1. The molecule has 13 heavy (non-hydrogen) atoms. The third-order valence-electron chi connectivity index (χ3n) is 2.12. The third kappa shape index (κ3) is 11.4. The fourth-order valence-corrected chi connectivity index (χ4v) is 1.32. The summed E-state index contributed by atoms with van der Waals surface area (Å²) in [5.41, 5.74) is 0. The van der Waals surface area contributed by atoms with Crippen LogP contribution in [-0.2, 0) is 4.79 Å². The molecule has 0 fully saturated rings. The van der Waals surface area contributed by atoms with Gasteiger partial charge in [0.2, 0.25) is 0 Å². The lowest BCUT2D eigenvalue weighted by molar-refractivity contribution is -0.104. The molecule has 0 spiro atoms. The van der Waals surface area contributed by atoms with E-state index in [2.05, 4.69) is 13.8 Å². The summed E-state index contributed by atoms with van der Waals surface area (Å²) in [6.45, 7) is 4.54. The van der Waals surface area contributed by atoms with E-state index >= 15 is 0 Å². The fraction of sp³-hybridized carbons (Fsp3) is 0.750. The molecule has 0 saturated heterocycles. The van der Waals surface area contributed by atoms with Crippen molar-refractivity contribution in [3.63, 3.8) is 0 Å². The standard InChI is InChI=1S/C12H22O/c1-12(2)10-8-6-4-3-5-7-9-11-13/h7,9,11-12H,3-6,8,10H2,1-2H3. The maximum atomic E-state index is 9.93. The van der Waals surface area contributed by atoms with E-state index in [9.17, 15) is 4.79 Å². The van der Waals surface area contributed by atoms with E-state index in [1.165, 1.54) is 32.1 Å². The highest BCUT2D eigenvalue weighted by Gasteiger charge is 1.93. The van der Waals surface area contributed by atoms with Crippen LogP contribution < -0.4 is 0 Å². The Morgan fingerprint density at radius 3 is 2.38 bits per heavy atom. The van der Waals surface area contributed by atoms with Gasteiger partial charge in [0.15, 0.2) is 0 Å². The van der Waals surface area contributed by atoms with Gasteiger partial charge in [0, 0.05) is 0 Å². The molecular formula is C12H22O. The number of carbonyl (C=O) groups is 1. The second-order valence-corrected chi connectivity index (χ2v) is 3.95. The van der Waals surface area contributed by atoms with Crippen LogP contribution in [-0.4, -0.2) is 6.29 Å². The van der Waals surface area contributed by atoms with Crippen molar-refractivity contribution in [2.24, 2.45) is 5.92 Å². The van der Waals surface area contributed by atoms with Crippen LogP contribution in [0.25, 0.3) is 0 Å². The highest BCUT2D eigenvalue weighted by molar-refractivity contribution is 5.64. The zero-order valence-corrected chi connectivity index (χ0v) is 8.96. The largest absolute Gasteiger partial charge is 0.299 e. The highest BCUT2D eigenvalue weighted by atomic mass is 16.1. The number of aldehydes is 1. The molecular weight excluding hydrogens is 160 g/mol. The van der Waals surface area contributed by atoms with E-state index < -0.39 is 0 Å². The molecule has 0 aliphatic heterocycles. The number of carbonyl (C=O) groups excluding carboxylic acids is 1. The molecule has 0 saturated carbocycles. The average Bonchev–Trinajstić information content (AvgIpc) is 2.09. The Bertz CT molecular complexity index is 136. The predicted octanol–water partition coefficient (Wildman–Crippen LogP) is 3.74. The van der Waals surface area contributed by atoms with Gasteiger partial charge in [0.25, 0.3) is 0 Å². The molecule has 0 aliphatic carbocycles. The molecule has 0 aromatic rings. The molecule has 0 N–H and O–H groups in total. The second-order valence-electron chi connectivity index (χ2n) is 3.95. The Hall–Kier alpha value is -0.590. The predicted molar refractivity (Wildman–Crippen MR) is 57.7 cm³/mol. The van der Waals surface area contributed by atoms with Crippen LogP contribution in [0.15, 0.2) is 12.2 Å². The van der Waals surface area contributed by atoms with Gasteiger partial charge < -0.3 is 0 Å². The molecule has 1 heteroatoms. The quantitative estimate of drug-likeness (QED) is 0.317. The van der Waals surface area contributed by atoms with Crippen molar-refractivity contribution in [1.29, 1.82) is 0 Å². The molecule has 0 atom stereocenters. The molecule has 0 aromatic carbocycles. The Kier molecular flexibility index (Phi) is 9.07. The molecule has 0 bridgehead atoms. The van der Waals surface area contributed by atoms with Crippen LogP contribution >= 0.6 is 0 Å². The lowest BCUT2D eigenvalue weighted by Gasteiger charge is -2.02. The Morgan fingerprint density at radius 2 is 1.77 bits per heavy atom. The van der Waals surface area contributed by atoms with Gasteiger partial charge in [-0.2, -0.15) is 0 Å². The average molecular weight is 182 g/mol. The van der Waals surface area contributed by atoms with Crippen LogP contribution in [0, 0.1) is 5.92 Å². The van der Waals surface area contributed by atoms with Crippen molar-refractivity contribution in [2.75, 3.05) is 0 Å². The van der Waals surface area contributed by atoms with Crippen LogP contribution in [0.3, 0.4) is 0 Å². The Labute approximate surface area is 82.2 Å². The molecule has 0 amide bonds. The van der Waals surface area contributed by atoms with E-state index in [0.717, 1.165) is 18.6 Å². The van der Waals surface area contributed by atoms with E-state index in [0.29, 0.717) is 0 Å². The van der Waals surface area contributed by atoms with E-state index in [1.807, 2.05) is 6.08 Å². The minimum atomic E-state index is 0.843. The van der Waals surface area contributed by atoms with Crippen LogP contribution in [0.5, 0.6) is 0 Å². The molecule has 0 heterocycles. The molecule has 0 aromatic heterocycles. The summed E-state index contributed by atoms with van der Waals surface area (Å²) in [6, 6.07) is 0. The summed E-state index contributed by atoms with van der Waals surface area (Å²) in [5, 5.41) is 0. The number of allylic oxidation sites excluding steroid dienone is 2. The summed E-state index contributed by atoms with van der Waals surface area (Å²) in [5.74, 6) is 0.843. The summed E-state index contributed by atoms with van der Waals surface area (Å²) in [4.78, 5) is 9.93. The number of hydrogen-bond donors (Lipinski definition) is 0. The highest BCUT2D eigenvalue weighted by Crippen LogP contribution is 2.10. The maximum Gasteiger partial charge on any atom is 0.142 e. The summed E-state index contributed by atoms with van der Waals surface area (Å²) < 4.78 is 0. The van der Waals surface area contributed by atoms with Crippen molar-refractivity contribution >= 4 is 6.29 Å². The Balaban J connectivity index is 2.99. The molecule has 0 aliphatic rings. The summed E-state index contributed by atoms with van der Waals surface area (Å²) in [7, 11) is 0. The molecule has 0 rings (SSSR count). The van der Waals surface area contributed by atoms with Gasteiger partial charge in [0.1, 0.15) is 6.29 Å². The SMILES string of the molecule is CC(C)CCCCCCC=CC=O. The van der Waals surface area contributed by atoms with E-state index in [4.69, 9.17) is 0 Å². The topological polar surface area (TPSA) is 17.1 Å². The first-order chi connectivity index (χ1) is 6.27. The molecule has 76 valence electrons. The van der Waals surface area contributed by atoms with Crippen molar-refractivity contribution < 1.29 is 4.79 Å². The summed E-state index contributed by atoms with van der Waals surface area (Å²) in [6.07, 6.45) is 12.0. The number of rotatable bonds is 8. The molecule has 0 radical (unpaired) electrons. The third-order valence-corrected chi connectivity index (χ3v) is 2.12. The maximum absolute atomic E-state index is 9.93. The minimum absolute atomic E-state index is 0.843. The van der Waals surface area contributed by atoms with Gasteiger partial charge in [-0.05, 0) is 24.8 Å². The van der Waals surface area contributed by atoms with Crippen LogP contribution in [0.4, 0.5) is 0 Å². The van der Waals surface area contributed by atoms with Crippen molar-refractivity contribution in [1.82, 2.24) is 0 Å². The lowest BCUT2D eigenvalue weighted by atomic mass is 10.0. The zero-order valence-electron chi connectivity index (χ0n) is 8.96. The van der Waals surface area contributed by atoms with Gasteiger partial charge in [-0.3, -0.25) is 4.79 Å². The molecule has 1 nitrogen and oxygen atoms in total. The Morgan fingerprint density at radius 1 is 1.08 bits per heavy atom. The minimum Gasteiger partial charge on any atom is -0.299 e. The van der Waals surface area contributed by atoms with Crippen LogP contribution in [0.2, 0.25) is 0 Å². The van der Waals surface area contributed by atoms with Crippen molar-refractivity contribution in [3.8, 4) is 0 Å².